The molecule has 23 heavy (non-hydrogen) atoms. The van der Waals surface area contributed by atoms with Gasteiger partial charge in [0.1, 0.15) is 17.5 Å². The van der Waals surface area contributed by atoms with Crippen LogP contribution < -0.4 is 10.5 Å². The lowest BCUT2D eigenvalue weighted by Crippen LogP contribution is -2.45. The van der Waals surface area contributed by atoms with E-state index in [4.69, 9.17) is 10.5 Å². The first-order valence-corrected chi connectivity index (χ1v) is 6.25. The lowest BCUT2D eigenvalue weighted by Gasteiger charge is -2.26. The van der Waals surface area contributed by atoms with Crippen LogP contribution in [0.3, 0.4) is 0 Å². The summed E-state index contributed by atoms with van der Waals surface area (Å²) in [6, 6.07) is 10.8. The van der Waals surface area contributed by atoms with Crippen molar-refractivity contribution in [3.63, 3.8) is 0 Å². The average molecular weight is 354 g/mol. The van der Waals surface area contributed by atoms with Gasteiger partial charge in [0.15, 0.2) is 0 Å². The average Bonchev–Trinajstić information content (AvgIpc) is 2.46. The molecule has 0 bridgehead atoms. The van der Waals surface area contributed by atoms with E-state index < -0.39 is 18.1 Å². The molecule has 8 heteroatoms. The topological polar surface area (TPSA) is 35.2 Å². The smallest absolute Gasteiger partial charge is 0.455 e. The fraction of sp³-hybridized carbons (Fsp3) is 0.200. The molecule has 0 radical (unpaired) electrons. The molecule has 2 rings (SSSR count). The van der Waals surface area contributed by atoms with Crippen molar-refractivity contribution in [2.75, 3.05) is 0 Å². The fourth-order valence-electron chi connectivity index (χ4n) is 1.78. The molecule has 0 saturated heterocycles. The third-order valence-corrected chi connectivity index (χ3v) is 2.96. The minimum absolute atomic E-state index is 0. The molecule has 0 saturated carbocycles. The summed E-state index contributed by atoms with van der Waals surface area (Å²) in [4.78, 5) is 0. The van der Waals surface area contributed by atoms with Crippen molar-refractivity contribution in [3.8, 4) is 11.5 Å². The van der Waals surface area contributed by atoms with Gasteiger partial charge < -0.3 is 10.5 Å². The molecule has 0 amide bonds. The van der Waals surface area contributed by atoms with Crippen molar-refractivity contribution in [2.24, 2.45) is 5.73 Å². The van der Waals surface area contributed by atoms with Gasteiger partial charge >= 0.3 is 12.1 Å². The zero-order valence-electron chi connectivity index (χ0n) is 11.6. The van der Waals surface area contributed by atoms with Gasteiger partial charge in [-0.15, -0.1) is 12.4 Å². The van der Waals surface area contributed by atoms with Crippen LogP contribution in [-0.2, 0) is 0 Å². The van der Waals surface area contributed by atoms with E-state index in [9.17, 15) is 22.0 Å². The first-order valence-electron chi connectivity index (χ1n) is 6.25. The zero-order valence-corrected chi connectivity index (χ0v) is 12.4. The first-order chi connectivity index (χ1) is 10.2. The molecule has 0 aliphatic carbocycles. The van der Waals surface area contributed by atoms with E-state index in [2.05, 4.69) is 0 Å². The second kappa shape index (κ2) is 7.14. The number of ether oxygens (including phenoxy) is 1. The Balaban J connectivity index is 0.00000264. The van der Waals surface area contributed by atoms with E-state index in [1.54, 1.807) is 30.3 Å². The van der Waals surface area contributed by atoms with Crippen LogP contribution in [0.25, 0.3) is 0 Å². The van der Waals surface area contributed by atoms with Gasteiger partial charge in [0.2, 0.25) is 0 Å². The Morgan fingerprint density at radius 1 is 0.826 bits per heavy atom. The highest BCUT2D eigenvalue weighted by Crippen LogP contribution is 2.43. The lowest BCUT2D eigenvalue weighted by molar-refractivity contribution is -0.291. The van der Waals surface area contributed by atoms with Gasteiger partial charge in [-0.3, -0.25) is 0 Å². The molecule has 0 spiro atoms. The standard InChI is InChI=1S/C15H12F5NO.ClH/c16-14(17,15(18,19)20)13(21)10-5-4-8-12(9-10)22-11-6-2-1-3-7-11;/h1-9,13H,21H2;1H/t13-;/m0./s1. The molecule has 2 aromatic rings. The van der Waals surface area contributed by atoms with E-state index in [-0.39, 0.29) is 23.7 Å². The van der Waals surface area contributed by atoms with Gasteiger partial charge in [-0.25, -0.2) is 0 Å². The maximum absolute atomic E-state index is 13.3. The first kappa shape index (κ1) is 19.2. The van der Waals surface area contributed by atoms with Crippen LogP contribution in [-0.4, -0.2) is 12.1 Å². The monoisotopic (exact) mass is 353 g/mol. The predicted molar refractivity (Wildman–Crippen MR) is 78.1 cm³/mol. The second-order valence-corrected chi connectivity index (χ2v) is 4.59. The number of alkyl halides is 5. The Labute approximate surface area is 135 Å². The molecular weight excluding hydrogens is 341 g/mol. The van der Waals surface area contributed by atoms with Crippen LogP contribution in [0.15, 0.2) is 54.6 Å². The highest BCUT2D eigenvalue weighted by molar-refractivity contribution is 5.85. The molecule has 2 N–H and O–H groups in total. The molecule has 1 atom stereocenters. The van der Waals surface area contributed by atoms with E-state index >= 15 is 0 Å². The van der Waals surface area contributed by atoms with Gasteiger partial charge in [-0.1, -0.05) is 30.3 Å². The summed E-state index contributed by atoms with van der Waals surface area (Å²) in [5, 5.41) is 0. The minimum Gasteiger partial charge on any atom is -0.457 e. The number of hydrogen-bond acceptors (Lipinski definition) is 2. The third kappa shape index (κ3) is 4.33. The quantitative estimate of drug-likeness (QED) is 0.776. The number of benzene rings is 2. The van der Waals surface area contributed by atoms with Crippen molar-refractivity contribution >= 4 is 12.4 Å². The molecule has 0 aliphatic rings. The number of nitrogens with two attached hydrogens (primary N) is 1. The summed E-state index contributed by atoms with van der Waals surface area (Å²) in [6.45, 7) is 0. The Morgan fingerprint density at radius 3 is 1.96 bits per heavy atom. The Hall–Kier alpha value is -1.86. The number of para-hydroxylation sites is 1. The van der Waals surface area contributed by atoms with Crippen molar-refractivity contribution in [1.82, 2.24) is 0 Å². The van der Waals surface area contributed by atoms with Crippen molar-refractivity contribution in [2.45, 2.75) is 18.1 Å². The zero-order chi connectivity index (χ0) is 16.4. The maximum Gasteiger partial charge on any atom is 0.455 e. The lowest BCUT2D eigenvalue weighted by atomic mass is 10.0. The van der Waals surface area contributed by atoms with Crippen LogP contribution in [0.2, 0.25) is 0 Å². The molecule has 0 unspecified atom stereocenters. The Bertz CT molecular complexity index is 633. The van der Waals surface area contributed by atoms with Crippen LogP contribution in [0.1, 0.15) is 11.6 Å². The summed E-state index contributed by atoms with van der Waals surface area (Å²) < 4.78 is 69.0. The summed E-state index contributed by atoms with van der Waals surface area (Å²) in [7, 11) is 0. The van der Waals surface area contributed by atoms with Crippen LogP contribution in [0.4, 0.5) is 22.0 Å². The molecular formula is C15H13ClF5NO. The second-order valence-electron chi connectivity index (χ2n) is 4.59. The van der Waals surface area contributed by atoms with Gasteiger partial charge in [0.25, 0.3) is 0 Å². The highest BCUT2D eigenvalue weighted by Gasteiger charge is 2.61. The number of hydrogen-bond donors (Lipinski definition) is 1. The highest BCUT2D eigenvalue weighted by atomic mass is 35.5. The molecule has 2 nitrogen and oxygen atoms in total. The van der Waals surface area contributed by atoms with E-state index in [0.717, 1.165) is 12.1 Å². The van der Waals surface area contributed by atoms with Gasteiger partial charge in [-0.2, -0.15) is 22.0 Å². The van der Waals surface area contributed by atoms with Crippen LogP contribution >= 0.6 is 12.4 Å². The van der Waals surface area contributed by atoms with E-state index in [0.29, 0.717) is 5.75 Å². The van der Waals surface area contributed by atoms with Crippen LogP contribution in [0.5, 0.6) is 11.5 Å². The molecule has 0 aliphatic heterocycles. The number of halogens is 6. The Morgan fingerprint density at radius 2 is 1.39 bits per heavy atom. The van der Waals surface area contributed by atoms with E-state index in [1.807, 2.05) is 0 Å². The summed E-state index contributed by atoms with van der Waals surface area (Å²) in [5.74, 6) is -4.48. The van der Waals surface area contributed by atoms with Gasteiger partial charge in [-0.05, 0) is 29.8 Å². The Kier molecular flexibility index (Phi) is 5.96. The summed E-state index contributed by atoms with van der Waals surface area (Å²) in [5.41, 5.74) is 4.73. The SMILES string of the molecule is Cl.N[C@@H](c1cccc(Oc2ccccc2)c1)C(F)(F)C(F)(F)F. The molecule has 2 aromatic carbocycles. The molecule has 0 heterocycles. The van der Waals surface area contributed by atoms with E-state index in [1.165, 1.54) is 12.1 Å². The number of rotatable bonds is 4. The van der Waals surface area contributed by atoms with Crippen molar-refractivity contribution in [1.29, 1.82) is 0 Å². The molecule has 0 fully saturated rings. The maximum atomic E-state index is 13.3. The minimum atomic E-state index is -5.72. The van der Waals surface area contributed by atoms with Gasteiger partial charge in [0, 0.05) is 0 Å². The predicted octanol–water partition coefficient (Wildman–Crippen LogP) is 5.10. The fourth-order valence-corrected chi connectivity index (χ4v) is 1.78. The molecule has 126 valence electrons. The summed E-state index contributed by atoms with van der Waals surface area (Å²) in [6.07, 6.45) is -5.72. The normalized spacial score (nSPS) is 13.1. The molecule has 0 aromatic heterocycles. The van der Waals surface area contributed by atoms with Crippen LogP contribution in [0, 0.1) is 0 Å². The van der Waals surface area contributed by atoms with Gasteiger partial charge in [0.05, 0.1) is 0 Å². The largest absolute Gasteiger partial charge is 0.457 e. The third-order valence-electron chi connectivity index (χ3n) is 2.96. The van der Waals surface area contributed by atoms with Crippen molar-refractivity contribution < 1.29 is 26.7 Å². The van der Waals surface area contributed by atoms with Crippen molar-refractivity contribution in [3.05, 3.63) is 60.2 Å². The summed E-state index contributed by atoms with van der Waals surface area (Å²) >= 11 is 0.